The molecule has 0 aliphatic carbocycles. The number of amides is 1. The molecule has 1 heterocycles. The Labute approximate surface area is 113 Å². The van der Waals surface area contributed by atoms with E-state index in [0.29, 0.717) is 19.5 Å². The molecule has 0 unspecified atom stereocenters. The topological polar surface area (TPSA) is 69.8 Å². The maximum Gasteiger partial charge on any atom is 0.239 e. The van der Waals surface area contributed by atoms with E-state index in [9.17, 15) is 9.90 Å². The number of nitrogens with zero attached hydrogens (tertiary/aromatic N) is 2. The van der Waals surface area contributed by atoms with Gasteiger partial charge in [-0.1, -0.05) is 19.1 Å². The second kappa shape index (κ2) is 5.93. The molecule has 3 N–H and O–H groups in total. The highest BCUT2D eigenvalue weighted by atomic mass is 16.3. The Morgan fingerprint density at radius 1 is 1.32 bits per heavy atom. The molecule has 0 bridgehead atoms. The predicted molar refractivity (Wildman–Crippen MR) is 75.2 cm³/mol. The number of hydrogen-bond acceptors (Lipinski definition) is 4. The van der Waals surface area contributed by atoms with Crippen molar-refractivity contribution in [2.24, 2.45) is 5.73 Å². The van der Waals surface area contributed by atoms with E-state index in [-0.39, 0.29) is 11.7 Å². The number of phenols is 1. The summed E-state index contributed by atoms with van der Waals surface area (Å²) < 4.78 is 0. The van der Waals surface area contributed by atoms with E-state index in [4.69, 9.17) is 5.73 Å². The molecule has 1 saturated heterocycles. The van der Waals surface area contributed by atoms with Crippen LogP contribution in [0.3, 0.4) is 0 Å². The summed E-state index contributed by atoms with van der Waals surface area (Å²) in [6, 6.07) is 6.89. The van der Waals surface area contributed by atoms with Gasteiger partial charge in [0.15, 0.2) is 0 Å². The van der Waals surface area contributed by atoms with Crippen molar-refractivity contribution in [1.29, 1.82) is 0 Å². The van der Waals surface area contributed by atoms with Crippen LogP contribution in [-0.4, -0.2) is 48.1 Å². The lowest BCUT2D eigenvalue weighted by atomic mass is 10.2. The highest BCUT2D eigenvalue weighted by Crippen LogP contribution is 2.27. The number of para-hydroxylation sites is 2. The number of rotatable bonds is 3. The number of carbonyl (C=O) groups is 1. The molecule has 1 aromatic carbocycles. The lowest BCUT2D eigenvalue weighted by Crippen LogP contribution is -2.53. The standard InChI is InChI=1S/C14H21N3O2/c1-2-11(15)14(19)17-9-7-16(8-10-17)12-5-3-4-6-13(12)18/h3-6,11,18H,2,7-10,15H2,1H3/t11-/m0/s1. The Morgan fingerprint density at radius 3 is 2.53 bits per heavy atom. The second-order valence-electron chi connectivity index (χ2n) is 4.82. The molecule has 104 valence electrons. The van der Waals surface area contributed by atoms with Crippen LogP contribution in [0.15, 0.2) is 24.3 Å². The molecule has 1 fully saturated rings. The summed E-state index contributed by atoms with van der Waals surface area (Å²) in [5.74, 6) is 0.312. The summed E-state index contributed by atoms with van der Waals surface area (Å²) in [7, 11) is 0. The van der Waals surface area contributed by atoms with Gasteiger partial charge in [0, 0.05) is 26.2 Å². The fourth-order valence-corrected chi connectivity index (χ4v) is 2.31. The molecule has 1 amide bonds. The molecular weight excluding hydrogens is 242 g/mol. The number of aromatic hydroxyl groups is 1. The van der Waals surface area contributed by atoms with Crippen LogP contribution in [0.2, 0.25) is 0 Å². The van der Waals surface area contributed by atoms with E-state index in [1.165, 1.54) is 0 Å². The van der Waals surface area contributed by atoms with Crippen LogP contribution in [-0.2, 0) is 4.79 Å². The molecule has 5 heteroatoms. The van der Waals surface area contributed by atoms with Crippen LogP contribution in [0.25, 0.3) is 0 Å². The van der Waals surface area contributed by atoms with E-state index in [1.807, 2.05) is 24.0 Å². The van der Waals surface area contributed by atoms with Crippen LogP contribution in [0, 0.1) is 0 Å². The SMILES string of the molecule is CC[C@H](N)C(=O)N1CCN(c2ccccc2O)CC1. The number of benzene rings is 1. The van der Waals surface area contributed by atoms with Crippen molar-refractivity contribution in [3.8, 4) is 5.75 Å². The zero-order chi connectivity index (χ0) is 13.8. The van der Waals surface area contributed by atoms with Gasteiger partial charge >= 0.3 is 0 Å². The third-order valence-corrected chi connectivity index (χ3v) is 3.57. The highest BCUT2D eigenvalue weighted by Gasteiger charge is 2.25. The smallest absolute Gasteiger partial charge is 0.239 e. The van der Waals surface area contributed by atoms with Crippen molar-refractivity contribution in [3.05, 3.63) is 24.3 Å². The number of phenolic OH excluding ortho intramolecular Hbond substituents is 1. The van der Waals surface area contributed by atoms with E-state index >= 15 is 0 Å². The summed E-state index contributed by atoms with van der Waals surface area (Å²) in [6.45, 7) is 4.67. The van der Waals surface area contributed by atoms with Crippen molar-refractivity contribution in [3.63, 3.8) is 0 Å². The van der Waals surface area contributed by atoms with Gasteiger partial charge in [0.1, 0.15) is 5.75 Å². The summed E-state index contributed by atoms with van der Waals surface area (Å²) >= 11 is 0. The van der Waals surface area contributed by atoms with Crippen molar-refractivity contribution in [2.45, 2.75) is 19.4 Å². The van der Waals surface area contributed by atoms with E-state index in [1.54, 1.807) is 12.1 Å². The molecule has 0 aromatic heterocycles. The Balaban J connectivity index is 1.96. The van der Waals surface area contributed by atoms with Crippen LogP contribution < -0.4 is 10.6 Å². The molecule has 1 aliphatic heterocycles. The summed E-state index contributed by atoms with van der Waals surface area (Å²) in [4.78, 5) is 15.9. The first-order chi connectivity index (χ1) is 9.13. The number of anilines is 1. The Bertz CT molecular complexity index is 442. The van der Waals surface area contributed by atoms with E-state index in [0.717, 1.165) is 18.8 Å². The van der Waals surface area contributed by atoms with Gasteiger partial charge in [0.05, 0.1) is 11.7 Å². The summed E-state index contributed by atoms with van der Waals surface area (Å²) in [5, 5.41) is 9.82. The zero-order valence-electron chi connectivity index (χ0n) is 11.2. The van der Waals surface area contributed by atoms with Crippen LogP contribution >= 0.6 is 0 Å². The van der Waals surface area contributed by atoms with Gasteiger partial charge < -0.3 is 20.6 Å². The molecule has 5 nitrogen and oxygen atoms in total. The van der Waals surface area contributed by atoms with Gasteiger partial charge in [-0.15, -0.1) is 0 Å². The minimum absolute atomic E-state index is 0.0273. The minimum Gasteiger partial charge on any atom is -0.506 e. The van der Waals surface area contributed by atoms with Crippen LogP contribution in [0.4, 0.5) is 5.69 Å². The third-order valence-electron chi connectivity index (χ3n) is 3.57. The van der Waals surface area contributed by atoms with Crippen LogP contribution in [0.1, 0.15) is 13.3 Å². The van der Waals surface area contributed by atoms with E-state index < -0.39 is 6.04 Å². The molecule has 0 radical (unpaired) electrons. The lowest BCUT2D eigenvalue weighted by molar-refractivity contribution is -0.132. The number of carbonyl (C=O) groups excluding carboxylic acids is 1. The Hall–Kier alpha value is -1.75. The van der Waals surface area contributed by atoms with E-state index in [2.05, 4.69) is 4.90 Å². The monoisotopic (exact) mass is 263 g/mol. The average molecular weight is 263 g/mol. The first-order valence-electron chi connectivity index (χ1n) is 6.70. The van der Waals surface area contributed by atoms with Gasteiger partial charge in [-0.25, -0.2) is 0 Å². The van der Waals surface area contributed by atoms with Gasteiger partial charge in [-0.05, 0) is 18.6 Å². The molecule has 0 spiro atoms. The van der Waals surface area contributed by atoms with Gasteiger partial charge in [-0.3, -0.25) is 4.79 Å². The Kier molecular flexibility index (Phi) is 4.27. The first-order valence-corrected chi connectivity index (χ1v) is 6.70. The zero-order valence-corrected chi connectivity index (χ0v) is 11.2. The fraction of sp³-hybridized carbons (Fsp3) is 0.500. The molecule has 0 saturated carbocycles. The number of nitrogens with two attached hydrogens (primary N) is 1. The molecule has 1 aliphatic rings. The van der Waals surface area contributed by atoms with Crippen molar-refractivity contribution < 1.29 is 9.90 Å². The summed E-state index contributed by atoms with van der Waals surface area (Å²) in [6.07, 6.45) is 0.665. The highest BCUT2D eigenvalue weighted by molar-refractivity contribution is 5.81. The number of piperazine rings is 1. The second-order valence-corrected chi connectivity index (χ2v) is 4.82. The molecule has 1 atom stereocenters. The number of hydrogen-bond donors (Lipinski definition) is 2. The third kappa shape index (κ3) is 2.98. The fourth-order valence-electron chi connectivity index (χ4n) is 2.31. The van der Waals surface area contributed by atoms with Gasteiger partial charge in [0.2, 0.25) is 5.91 Å². The molecular formula is C14H21N3O2. The largest absolute Gasteiger partial charge is 0.506 e. The molecule has 2 rings (SSSR count). The van der Waals surface area contributed by atoms with Crippen molar-refractivity contribution >= 4 is 11.6 Å². The molecule has 1 aromatic rings. The average Bonchev–Trinajstić information content (AvgIpc) is 2.46. The maximum atomic E-state index is 12.0. The minimum atomic E-state index is -0.392. The predicted octanol–water partition coefficient (Wildman–Crippen LogP) is 0.778. The van der Waals surface area contributed by atoms with Gasteiger partial charge in [0.25, 0.3) is 0 Å². The first kappa shape index (κ1) is 13.7. The Morgan fingerprint density at radius 2 is 1.95 bits per heavy atom. The lowest BCUT2D eigenvalue weighted by Gasteiger charge is -2.37. The van der Waals surface area contributed by atoms with Crippen molar-refractivity contribution in [1.82, 2.24) is 4.90 Å². The van der Waals surface area contributed by atoms with Crippen LogP contribution in [0.5, 0.6) is 5.75 Å². The van der Waals surface area contributed by atoms with Gasteiger partial charge in [-0.2, -0.15) is 0 Å². The normalized spacial score (nSPS) is 17.4. The van der Waals surface area contributed by atoms with Crippen molar-refractivity contribution in [2.75, 3.05) is 31.1 Å². The summed E-state index contributed by atoms with van der Waals surface area (Å²) in [5.41, 5.74) is 6.60. The molecule has 19 heavy (non-hydrogen) atoms. The maximum absolute atomic E-state index is 12.0. The quantitative estimate of drug-likeness (QED) is 0.845.